The third-order valence-corrected chi connectivity index (χ3v) is 4.02. The van der Waals surface area contributed by atoms with Crippen LogP contribution in [0.1, 0.15) is 11.6 Å². The number of nitriles is 1. The molecule has 2 aromatic carbocycles. The molecule has 1 atom stereocenters. The fourth-order valence-corrected chi connectivity index (χ4v) is 2.33. The molecular formula is C15H12BrClN2O. The molecule has 0 aliphatic rings. The minimum Gasteiger partial charge on any atom is -0.496 e. The Hall–Kier alpha value is -1.70. The van der Waals surface area contributed by atoms with E-state index >= 15 is 0 Å². The van der Waals surface area contributed by atoms with Crippen LogP contribution in [0.15, 0.2) is 46.9 Å². The van der Waals surface area contributed by atoms with E-state index in [1.165, 1.54) is 0 Å². The van der Waals surface area contributed by atoms with Gasteiger partial charge in [-0.15, -0.1) is 0 Å². The van der Waals surface area contributed by atoms with Gasteiger partial charge >= 0.3 is 0 Å². The van der Waals surface area contributed by atoms with E-state index in [0.717, 1.165) is 15.7 Å². The van der Waals surface area contributed by atoms with Crippen LogP contribution in [-0.2, 0) is 0 Å². The van der Waals surface area contributed by atoms with E-state index in [0.29, 0.717) is 10.8 Å². The molecule has 0 heterocycles. The van der Waals surface area contributed by atoms with Crippen molar-refractivity contribution in [3.8, 4) is 11.8 Å². The van der Waals surface area contributed by atoms with E-state index < -0.39 is 6.04 Å². The van der Waals surface area contributed by atoms with Crippen LogP contribution in [-0.4, -0.2) is 7.11 Å². The monoisotopic (exact) mass is 350 g/mol. The fraction of sp³-hybridized carbons (Fsp3) is 0.133. The largest absolute Gasteiger partial charge is 0.496 e. The van der Waals surface area contributed by atoms with Crippen molar-refractivity contribution in [3.05, 3.63) is 57.5 Å². The van der Waals surface area contributed by atoms with E-state index in [1.54, 1.807) is 13.2 Å². The molecule has 0 saturated carbocycles. The van der Waals surface area contributed by atoms with Crippen LogP contribution in [0.2, 0.25) is 5.02 Å². The lowest BCUT2D eigenvalue weighted by Crippen LogP contribution is -2.09. The van der Waals surface area contributed by atoms with E-state index in [4.69, 9.17) is 16.3 Å². The van der Waals surface area contributed by atoms with Crippen LogP contribution in [0.4, 0.5) is 5.69 Å². The summed E-state index contributed by atoms with van der Waals surface area (Å²) in [6.45, 7) is 0. The number of rotatable bonds is 4. The summed E-state index contributed by atoms with van der Waals surface area (Å²) in [5.74, 6) is 0.680. The molecule has 102 valence electrons. The molecule has 0 aromatic heterocycles. The summed E-state index contributed by atoms with van der Waals surface area (Å²) in [6, 6.07) is 14.6. The van der Waals surface area contributed by atoms with Gasteiger partial charge in [0, 0.05) is 15.7 Å². The summed E-state index contributed by atoms with van der Waals surface area (Å²) in [6.07, 6.45) is 0. The quantitative estimate of drug-likeness (QED) is 0.861. The number of anilines is 1. The first-order chi connectivity index (χ1) is 9.65. The third kappa shape index (κ3) is 3.24. The number of methoxy groups -OCH3 is 1. The Morgan fingerprint density at radius 1 is 1.30 bits per heavy atom. The minimum absolute atomic E-state index is 0.501. The van der Waals surface area contributed by atoms with Gasteiger partial charge in [-0.05, 0) is 40.2 Å². The lowest BCUT2D eigenvalue weighted by molar-refractivity contribution is 0.409. The van der Waals surface area contributed by atoms with Gasteiger partial charge in [-0.2, -0.15) is 5.26 Å². The highest BCUT2D eigenvalue weighted by Crippen LogP contribution is 2.30. The van der Waals surface area contributed by atoms with Gasteiger partial charge in [0.2, 0.25) is 0 Å². The van der Waals surface area contributed by atoms with Crippen LogP contribution in [0.25, 0.3) is 0 Å². The molecule has 0 aliphatic carbocycles. The normalized spacial score (nSPS) is 11.5. The topological polar surface area (TPSA) is 45.0 Å². The molecule has 2 rings (SSSR count). The molecule has 0 bridgehead atoms. The first-order valence-electron chi connectivity index (χ1n) is 5.90. The Morgan fingerprint density at radius 2 is 2.05 bits per heavy atom. The molecule has 5 heteroatoms. The van der Waals surface area contributed by atoms with Crippen molar-refractivity contribution in [2.24, 2.45) is 0 Å². The second-order valence-electron chi connectivity index (χ2n) is 4.08. The second kappa shape index (κ2) is 6.65. The van der Waals surface area contributed by atoms with Gasteiger partial charge in [-0.25, -0.2) is 0 Å². The van der Waals surface area contributed by atoms with Crippen molar-refractivity contribution in [1.29, 1.82) is 5.26 Å². The smallest absolute Gasteiger partial charge is 0.143 e. The summed E-state index contributed by atoms with van der Waals surface area (Å²) in [4.78, 5) is 0. The zero-order valence-corrected chi connectivity index (χ0v) is 13.1. The fourth-order valence-electron chi connectivity index (χ4n) is 1.84. The molecule has 2 aromatic rings. The van der Waals surface area contributed by atoms with Gasteiger partial charge in [0.05, 0.1) is 18.2 Å². The van der Waals surface area contributed by atoms with Crippen LogP contribution in [0, 0.1) is 11.3 Å². The van der Waals surface area contributed by atoms with Crippen molar-refractivity contribution < 1.29 is 4.74 Å². The zero-order valence-electron chi connectivity index (χ0n) is 10.7. The first-order valence-corrected chi connectivity index (χ1v) is 7.07. The molecule has 0 fully saturated rings. The number of nitrogens with one attached hydrogen (secondary N) is 1. The highest BCUT2D eigenvalue weighted by Gasteiger charge is 2.15. The van der Waals surface area contributed by atoms with Crippen molar-refractivity contribution in [2.75, 3.05) is 12.4 Å². The summed E-state index contributed by atoms with van der Waals surface area (Å²) >= 11 is 9.32. The molecule has 1 N–H and O–H groups in total. The van der Waals surface area contributed by atoms with Crippen molar-refractivity contribution in [1.82, 2.24) is 0 Å². The average molecular weight is 352 g/mol. The highest BCUT2D eigenvalue weighted by atomic mass is 79.9. The summed E-state index contributed by atoms with van der Waals surface area (Å²) < 4.78 is 6.07. The number of nitrogens with zero attached hydrogens (tertiary/aromatic N) is 1. The number of para-hydroxylation sites is 1. The Kier molecular flexibility index (Phi) is 4.89. The number of hydrogen-bond acceptors (Lipinski definition) is 3. The first kappa shape index (κ1) is 14.7. The maximum absolute atomic E-state index is 9.38. The lowest BCUT2D eigenvalue weighted by atomic mass is 10.1. The van der Waals surface area contributed by atoms with Crippen molar-refractivity contribution in [3.63, 3.8) is 0 Å². The number of halogens is 2. The van der Waals surface area contributed by atoms with E-state index in [1.807, 2.05) is 36.4 Å². The molecule has 20 heavy (non-hydrogen) atoms. The van der Waals surface area contributed by atoms with Gasteiger partial charge in [0.1, 0.15) is 11.8 Å². The van der Waals surface area contributed by atoms with Crippen LogP contribution in [0.5, 0.6) is 5.75 Å². The van der Waals surface area contributed by atoms with Gasteiger partial charge in [0.25, 0.3) is 0 Å². The predicted molar refractivity (Wildman–Crippen MR) is 84.1 cm³/mol. The van der Waals surface area contributed by atoms with E-state index in [2.05, 4.69) is 27.3 Å². The Bertz CT molecular complexity index is 655. The van der Waals surface area contributed by atoms with Gasteiger partial charge in [-0.1, -0.05) is 29.8 Å². The van der Waals surface area contributed by atoms with Gasteiger partial charge < -0.3 is 10.1 Å². The zero-order chi connectivity index (χ0) is 14.5. The van der Waals surface area contributed by atoms with Crippen molar-refractivity contribution in [2.45, 2.75) is 6.04 Å². The lowest BCUT2D eigenvalue weighted by Gasteiger charge is -2.16. The summed E-state index contributed by atoms with van der Waals surface area (Å²) in [7, 11) is 1.59. The summed E-state index contributed by atoms with van der Waals surface area (Å²) in [5, 5.41) is 13.2. The van der Waals surface area contributed by atoms with Crippen LogP contribution >= 0.6 is 27.5 Å². The van der Waals surface area contributed by atoms with E-state index in [9.17, 15) is 5.26 Å². The Balaban J connectivity index is 2.29. The molecule has 0 saturated heterocycles. The molecule has 0 spiro atoms. The Labute approximate surface area is 131 Å². The van der Waals surface area contributed by atoms with Gasteiger partial charge in [0.15, 0.2) is 0 Å². The maximum atomic E-state index is 9.38. The molecule has 3 nitrogen and oxygen atoms in total. The molecule has 1 unspecified atom stereocenters. The highest BCUT2D eigenvalue weighted by molar-refractivity contribution is 9.10. The standard InChI is InChI=1S/C15H12BrClN2O/c1-20-15-5-3-2-4-11(15)14(9-18)19-10-6-7-13(17)12(16)8-10/h2-8,14,19H,1H3. The predicted octanol–water partition coefficient (Wildman–Crippen LogP) is 4.79. The minimum atomic E-state index is -0.501. The number of hydrogen-bond donors (Lipinski definition) is 1. The number of benzene rings is 2. The number of ether oxygens (including phenoxy) is 1. The van der Waals surface area contributed by atoms with Gasteiger partial charge in [-0.3, -0.25) is 0 Å². The SMILES string of the molecule is COc1ccccc1C(C#N)Nc1ccc(Cl)c(Br)c1. The van der Waals surface area contributed by atoms with Crippen LogP contribution < -0.4 is 10.1 Å². The van der Waals surface area contributed by atoms with Crippen LogP contribution in [0.3, 0.4) is 0 Å². The maximum Gasteiger partial charge on any atom is 0.143 e. The molecular weight excluding hydrogens is 340 g/mol. The third-order valence-electron chi connectivity index (χ3n) is 2.81. The average Bonchev–Trinajstić information content (AvgIpc) is 2.48. The second-order valence-corrected chi connectivity index (χ2v) is 5.34. The van der Waals surface area contributed by atoms with Crippen molar-refractivity contribution >= 4 is 33.2 Å². The van der Waals surface area contributed by atoms with E-state index in [-0.39, 0.29) is 0 Å². The Morgan fingerprint density at radius 3 is 2.70 bits per heavy atom. The summed E-state index contributed by atoms with van der Waals surface area (Å²) in [5.41, 5.74) is 1.60. The molecule has 0 aliphatic heterocycles. The molecule has 0 radical (unpaired) electrons. The molecule has 0 amide bonds.